The number of nitrogens with one attached hydrogen (secondary N) is 1. The van der Waals surface area contributed by atoms with Crippen LogP contribution in [-0.2, 0) is 16.1 Å². The third-order valence-corrected chi connectivity index (χ3v) is 3.80. The van der Waals surface area contributed by atoms with Crippen molar-refractivity contribution >= 4 is 17.6 Å². The Kier molecular flexibility index (Phi) is 5.32. The second-order valence-electron chi connectivity index (χ2n) is 5.38. The summed E-state index contributed by atoms with van der Waals surface area (Å²) in [5.41, 5.74) is 1.23. The van der Waals surface area contributed by atoms with E-state index in [1.165, 1.54) is 6.07 Å². The number of carboxylic acids is 2. The maximum Gasteiger partial charge on any atom is 0.317 e. The first-order chi connectivity index (χ1) is 10.5. The molecule has 6 nitrogen and oxygen atoms in total. The summed E-state index contributed by atoms with van der Waals surface area (Å²) < 4.78 is 14.0. The van der Waals surface area contributed by atoms with E-state index in [0.29, 0.717) is 38.2 Å². The predicted octanol–water partition coefficient (Wildman–Crippen LogP) is 1.30. The number of benzene rings is 1. The molecule has 1 aliphatic rings. The van der Waals surface area contributed by atoms with Gasteiger partial charge in [-0.05, 0) is 30.5 Å². The molecule has 1 aromatic rings. The third-order valence-electron chi connectivity index (χ3n) is 3.80. The Morgan fingerprint density at radius 1 is 1.27 bits per heavy atom. The van der Waals surface area contributed by atoms with Gasteiger partial charge in [-0.25, -0.2) is 4.39 Å². The molecule has 1 aliphatic heterocycles. The summed E-state index contributed by atoms with van der Waals surface area (Å²) in [6.07, 6.45) is 0.993. The Hall–Kier alpha value is -2.15. The second kappa shape index (κ2) is 7.22. The van der Waals surface area contributed by atoms with Crippen molar-refractivity contribution in [3.63, 3.8) is 0 Å². The number of piperidine rings is 1. The van der Waals surface area contributed by atoms with E-state index in [-0.39, 0.29) is 18.3 Å². The van der Waals surface area contributed by atoms with Crippen molar-refractivity contribution in [3.05, 3.63) is 29.6 Å². The molecule has 1 heterocycles. The molecule has 0 aromatic heterocycles. The minimum atomic E-state index is -0.946. The standard InChI is InChI=1S/C15H19FN2O4/c16-12-2-1-10(8-17-9-14(19)20)7-13(12)18-5-3-11(4-6-18)15(21)22/h1-2,7,11,17H,3-6,8-9H2,(H,19,20)(H,21,22). The zero-order valence-corrected chi connectivity index (χ0v) is 12.1. The van der Waals surface area contributed by atoms with Gasteiger partial charge in [0.1, 0.15) is 5.82 Å². The summed E-state index contributed by atoms with van der Waals surface area (Å²) in [5.74, 6) is -2.46. The Balaban J connectivity index is 2.01. The van der Waals surface area contributed by atoms with Crippen LogP contribution in [0.2, 0.25) is 0 Å². The largest absolute Gasteiger partial charge is 0.481 e. The van der Waals surface area contributed by atoms with Crippen molar-refractivity contribution in [2.45, 2.75) is 19.4 Å². The minimum Gasteiger partial charge on any atom is -0.481 e. The van der Waals surface area contributed by atoms with Gasteiger partial charge in [-0.15, -0.1) is 0 Å². The molecule has 1 fully saturated rings. The van der Waals surface area contributed by atoms with Crippen LogP contribution in [0.4, 0.5) is 10.1 Å². The van der Waals surface area contributed by atoms with E-state index in [0.717, 1.165) is 5.56 Å². The van der Waals surface area contributed by atoms with Gasteiger partial charge < -0.3 is 20.4 Å². The van der Waals surface area contributed by atoms with Crippen LogP contribution in [0.15, 0.2) is 18.2 Å². The Morgan fingerprint density at radius 2 is 1.95 bits per heavy atom. The highest BCUT2D eigenvalue weighted by Crippen LogP contribution is 2.26. The molecule has 0 aliphatic carbocycles. The van der Waals surface area contributed by atoms with Gasteiger partial charge in [0, 0.05) is 19.6 Å². The topological polar surface area (TPSA) is 89.9 Å². The van der Waals surface area contributed by atoms with Crippen LogP contribution >= 0.6 is 0 Å². The fourth-order valence-electron chi connectivity index (χ4n) is 2.59. The molecule has 0 atom stereocenters. The molecule has 3 N–H and O–H groups in total. The molecule has 1 aromatic carbocycles. The molecule has 0 unspecified atom stereocenters. The molecule has 0 spiro atoms. The van der Waals surface area contributed by atoms with Crippen molar-refractivity contribution in [3.8, 4) is 0 Å². The van der Waals surface area contributed by atoms with Crippen molar-refractivity contribution in [2.24, 2.45) is 5.92 Å². The van der Waals surface area contributed by atoms with E-state index in [1.54, 1.807) is 12.1 Å². The van der Waals surface area contributed by atoms with Gasteiger partial charge >= 0.3 is 11.9 Å². The highest BCUT2D eigenvalue weighted by Gasteiger charge is 2.25. The Morgan fingerprint density at radius 3 is 2.55 bits per heavy atom. The summed E-state index contributed by atoms with van der Waals surface area (Å²) in [6.45, 7) is 1.18. The van der Waals surface area contributed by atoms with Crippen LogP contribution in [0.5, 0.6) is 0 Å². The first-order valence-corrected chi connectivity index (χ1v) is 7.16. The van der Waals surface area contributed by atoms with E-state index in [2.05, 4.69) is 5.32 Å². The van der Waals surface area contributed by atoms with Gasteiger partial charge in [0.2, 0.25) is 0 Å². The highest BCUT2D eigenvalue weighted by molar-refractivity contribution is 5.70. The first kappa shape index (κ1) is 16.2. The number of halogens is 1. The molecule has 0 saturated carbocycles. The van der Waals surface area contributed by atoms with Gasteiger partial charge in [-0.2, -0.15) is 0 Å². The number of anilines is 1. The number of rotatable bonds is 6. The normalized spacial score (nSPS) is 15.8. The molecular formula is C15H19FN2O4. The number of hydrogen-bond donors (Lipinski definition) is 3. The summed E-state index contributed by atoms with van der Waals surface area (Å²) in [7, 11) is 0. The molecule has 22 heavy (non-hydrogen) atoms. The van der Waals surface area contributed by atoms with Gasteiger partial charge in [0.15, 0.2) is 0 Å². The SMILES string of the molecule is O=C(O)CNCc1ccc(F)c(N2CCC(C(=O)O)CC2)c1. The maximum absolute atomic E-state index is 14.0. The molecule has 1 saturated heterocycles. The van der Waals surface area contributed by atoms with E-state index >= 15 is 0 Å². The number of aliphatic carboxylic acids is 2. The van der Waals surface area contributed by atoms with E-state index < -0.39 is 11.9 Å². The maximum atomic E-state index is 14.0. The fourth-order valence-corrected chi connectivity index (χ4v) is 2.59. The van der Waals surface area contributed by atoms with Crippen molar-refractivity contribution < 1.29 is 24.2 Å². The smallest absolute Gasteiger partial charge is 0.317 e. The van der Waals surface area contributed by atoms with E-state index in [4.69, 9.17) is 10.2 Å². The lowest BCUT2D eigenvalue weighted by Gasteiger charge is -2.32. The average Bonchev–Trinajstić information content (AvgIpc) is 2.49. The van der Waals surface area contributed by atoms with Gasteiger partial charge in [0.05, 0.1) is 18.2 Å². The van der Waals surface area contributed by atoms with Crippen LogP contribution in [0.1, 0.15) is 18.4 Å². The van der Waals surface area contributed by atoms with Crippen molar-refractivity contribution in [1.82, 2.24) is 5.32 Å². The van der Waals surface area contributed by atoms with Crippen molar-refractivity contribution in [2.75, 3.05) is 24.5 Å². The van der Waals surface area contributed by atoms with Crippen LogP contribution in [0, 0.1) is 11.7 Å². The molecular weight excluding hydrogens is 291 g/mol. The second-order valence-corrected chi connectivity index (χ2v) is 5.38. The number of carboxylic acid groups (broad SMARTS) is 2. The summed E-state index contributed by atoms with van der Waals surface area (Å²) in [6, 6.07) is 4.65. The quantitative estimate of drug-likeness (QED) is 0.734. The molecule has 0 amide bonds. The third kappa shape index (κ3) is 4.17. The predicted molar refractivity (Wildman–Crippen MR) is 78.3 cm³/mol. The lowest BCUT2D eigenvalue weighted by molar-refractivity contribution is -0.142. The summed E-state index contributed by atoms with van der Waals surface area (Å²) in [4.78, 5) is 23.3. The number of carbonyl (C=O) groups is 2. The zero-order valence-electron chi connectivity index (χ0n) is 12.1. The number of nitrogens with zero attached hydrogens (tertiary/aromatic N) is 1. The first-order valence-electron chi connectivity index (χ1n) is 7.16. The van der Waals surface area contributed by atoms with Crippen LogP contribution < -0.4 is 10.2 Å². The fraction of sp³-hybridized carbons (Fsp3) is 0.467. The van der Waals surface area contributed by atoms with Gasteiger partial charge in [-0.1, -0.05) is 6.07 Å². The molecule has 120 valence electrons. The summed E-state index contributed by atoms with van der Waals surface area (Å²) >= 11 is 0. The van der Waals surface area contributed by atoms with Gasteiger partial charge in [-0.3, -0.25) is 9.59 Å². The highest BCUT2D eigenvalue weighted by atomic mass is 19.1. The lowest BCUT2D eigenvalue weighted by Crippen LogP contribution is -2.36. The zero-order chi connectivity index (χ0) is 16.1. The average molecular weight is 310 g/mol. The Labute approximate surface area is 127 Å². The Bertz CT molecular complexity index is 556. The summed E-state index contributed by atoms with van der Waals surface area (Å²) in [5, 5.41) is 20.3. The van der Waals surface area contributed by atoms with Crippen LogP contribution in [-0.4, -0.2) is 41.8 Å². The molecule has 0 radical (unpaired) electrons. The van der Waals surface area contributed by atoms with E-state index in [1.807, 2.05) is 4.90 Å². The number of hydrogen-bond acceptors (Lipinski definition) is 4. The minimum absolute atomic E-state index is 0.156. The molecule has 2 rings (SSSR count). The monoisotopic (exact) mass is 310 g/mol. The lowest BCUT2D eigenvalue weighted by atomic mass is 9.96. The van der Waals surface area contributed by atoms with Crippen LogP contribution in [0.25, 0.3) is 0 Å². The molecule has 7 heteroatoms. The van der Waals surface area contributed by atoms with E-state index in [9.17, 15) is 14.0 Å². The van der Waals surface area contributed by atoms with Crippen LogP contribution in [0.3, 0.4) is 0 Å². The van der Waals surface area contributed by atoms with Gasteiger partial charge in [0.25, 0.3) is 0 Å². The molecule has 0 bridgehead atoms. The van der Waals surface area contributed by atoms with Crippen molar-refractivity contribution in [1.29, 1.82) is 0 Å².